The average Bonchev–Trinajstić information content (AvgIpc) is 3.04. The van der Waals surface area contributed by atoms with Gasteiger partial charge >= 0.3 is 0 Å². The highest BCUT2D eigenvalue weighted by molar-refractivity contribution is 6.30. The van der Waals surface area contributed by atoms with Crippen LogP contribution in [0.1, 0.15) is 28.8 Å². The van der Waals surface area contributed by atoms with Crippen molar-refractivity contribution >= 4 is 23.4 Å². The molecule has 0 radical (unpaired) electrons. The number of hydrogen-bond acceptors (Lipinski definition) is 4. The van der Waals surface area contributed by atoms with Gasteiger partial charge in [0.05, 0.1) is 14.2 Å². The van der Waals surface area contributed by atoms with Crippen molar-refractivity contribution in [1.82, 2.24) is 9.80 Å². The van der Waals surface area contributed by atoms with Crippen LogP contribution in [0.25, 0.3) is 0 Å². The molecule has 2 amide bonds. The van der Waals surface area contributed by atoms with E-state index < -0.39 is 0 Å². The van der Waals surface area contributed by atoms with Crippen molar-refractivity contribution in [2.24, 2.45) is 0 Å². The van der Waals surface area contributed by atoms with Crippen molar-refractivity contribution in [2.45, 2.75) is 19.3 Å². The summed E-state index contributed by atoms with van der Waals surface area (Å²) in [6.07, 6.45) is 1.89. The Morgan fingerprint density at radius 2 is 1.57 bits per heavy atom. The molecule has 1 aliphatic heterocycles. The van der Waals surface area contributed by atoms with Crippen LogP contribution in [-0.4, -0.2) is 62.0 Å². The lowest BCUT2D eigenvalue weighted by Crippen LogP contribution is -2.37. The fourth-order valence-electron chi connectivity index (χ4n) is 3.58. The van der Waals surface area contributed by atoms with E-state index in [4.69, 9.17) is 21.1 Å². The predicted octanol–water partition coefficient (Wildman–Crippen LogP) is 3.66. The molecule has 0 aromatic heterocycles. The minimum Gasteiger partial charge on any atom is -0.493 e. The zero-order valence-electron chi connectivity index (χ0n) is 17.4. The number of halogens is 1. The molecular weight excluding hydrogens is 404 g/mol. The molecule has 2 aromatic rings. The van der Waals surface area contributed by atoms with E-state index in [1.165, 1.54) is 0 Å². The van der Waals surface area contributed by atoms with E-state index in [-0.39, 0.29) is 11.8 Å². The number of benzene rings is 2. The molecule has 1 aliphatic rings. The van der Waals surface area contributed by atoms with Crippen LogP contribution in [0.15, 0.2) is 42.5 Å². The minimum absolute atomic E-state index is 0.0635. The Morgan fingerprint density at radius 3 is 2.27 bits per heavy atom. The standard InChI is InChI=1S/C23H27ClN2O4/c1-29-20-10-7-18(16-21(20)30-2)23(28)26-13-3-12-25(14-15-26)22(27)11-6-17-4-8-19(24)9-5-17/h4-5,7-10,16H,3,6,11-15H2,1-2H3. The van der Waals surface area contributed by atoms with Crippen LogP contribution < -0.4 is 9.47 Å². The van der Waals surface area contributed by atoms with E-state index >= 15 is 0 Å². The number of amides is 2. The fraction of sp³-hybridized carbons (Fsp3) is 0.391. The van der Waals surface area contributed by atoms with Crippen molar-refractivity contribution in [1.29, 1.82) is 0 Å². The second kappa shape index (κ2) is 10.3. The van der Waals surface area contributed by atoms with Crippen LogP contribution in [-0.2, 0) is 11.2 Å². The van der Waals surface area contributed by atoms with Gasteiger partial charge in [-0.25, -0.2) is 0 Å². The highest BCUT2D eigenvalue weighted by Crippen LogP contribution is 2.28. The Kier molecular flexibility index (Phi) is 7.57. The highest BCUT2D eigenvalue weighted by atomic mass is 35.5. The van der Waals surface area contributed by atoms with Gasteiger partial charge in [-0.15, -0.1) is 0 Å². The molecule has 0 bridgehead atoms. The molecule has 7 heteroatoms. The van der Waals surface area contributed by atoms with Crippen LogP contribution >= 0.6 is 11.6 Å². The molecule has 160 valence electrons. The Morgan fingerprint density at radius 1 is 0.900 bits per heavy atom. The SMILES string of the molecule is COc1ccc(C(=O)N2CCCN(C(=O)CCc3ccc(Cl)cc3)CC2)cc1OC. The smallest absolute Gasteiger partial charge is 0.254 e. The van der Waals surface area contributed by atoms with Crippen LogP contribution in [0.5, 0.6) is 11.5 Å². The van der Waals surface area contributed by atoms with Crippen LogP contribution in [0, 0.1) is 0 Å². The zero-order valence-corrected chi connectivity index (χ0v) is 18.2. The lowest BCUT2D eigenvalue weighted by atomic mass is 10.1. The summed E-state index contributed by atoms with van der Waals surface area (Å²) >= 11 is 5.91. The topological polar surface area (TPSA) is 59.1 Å². The van der Waals surface area contributed by atoms with Gasteiger partial charge in [0.1, 0.15) is 0 Å². The lowest BCUT2D eigenvalue weighted by Gasteiger charge is -2.22. The number of methoxy groups -OCH3 is 2. The third-order valence-electron chi connectivity index (χ3n) is 5.31. The van der Waals surface area contributed by atoms with Gasteiger partial charge in [0.2, 0.25) is 5.91 Å². The summed E-state index contributed by atoms with van der Waals surface area (Å²) in [6.45, 7) is 2.33. The first kappa shape index (κ1) is 22.0. The number of carbonyl (C=O) groups is 2. The molecule has 0 saturated carbocycles. The molecule has 0 atom stereocenters. The fourth-order valence-corrected chi connectivity index (χ4v) is 3.71. The first-order valence-corrected chi connectivity index (χ1v) is 10.4. The number of carbonyl (C=O) groups excluding carboxylic acids is 2. The first-order valence-electron chi connectivity index (χ1n) is 10.1. The largest absolute Gasteiger partial charge is 0.493 e. The van der Waals surface area contributed by atoms with Crippen molar-refractivity contribution in [3.8, 4) is 11.5 Å². The van der Waals surface area contributed by atoms with Crippen LogP contribution in [0.3, 0.4) is 0 Å². The summed E-state index contributed by atoms with van der Waals surface area (Å²) in [5.74, 6) is 1.16. The Hall–Kier alpha value is -2.73. The molecule has 1 fully saturated rings. The molecule has 0 aliphatic carbocycles. The van der Waals surface area contributed by atoms with E-state index in [9.17, 15) is 9.59 Å². The quantitative estimate of drug-likeness (QED) is 0.701. The summed E-state index contributed by atoms with van der Waals surface area (Å²) in [5.41, 5.74) is 1.64. The first-order chi connectivity index (χ1) is 14.5. The van der Waals surface area contributed by atoms with E-state index in [2.05, 4.69) is 0 Å². The third-order valence-corrected chi connectivity index (χ3v) is 5.56. The molecule has 3 rings (SSSR count). The van der Waals surface area contributed by atoms with Gasteiger partial charge < -0.3 is 19.3 Å². The summed E-state index contributed by atoms with van der Waals surface area (Å²) < 4.78 is 10.5. The van der Waals surface area contributed by atoms with Gasteiger partial charge in [0, 0.05) is 43.2 Å². The van der Waals surface area contributed by atoms with E-state index in [0.717, 1.165) is 12.0 Å². The molecule has 0 unspecified atom stereocenters. The van der Waals surface area contributed by atoms with Crippen molar-refractivity contribution < 1.29 is 19.1 Å². The maximum atomic E-state index is 13.0. The third kappa shape index (κ3) is 5.45. The highest BCUT2D eigenvalue weighted by Gasteiger charge is 2.23. The number of hydrogen-bond donors (Lipinski definition) is 0. The van der Waals surface area contributed by atoms with Crippen LogP contribution in [0.4, 0.5) is 0 Å². The molecule has 1 saturated heterocycles. The van der Waals surface area contributed by atoms with Gasteiger partial charge in [0.25, 0.3) is 5.91 Å². The summed E-state index contributed by atoms with van der Waals surface area (Å²) in [6, 6.07) is 12.7. The maximum absolute atomic E-state index is 13.0. The van der Waals surface area contributed by atoms with Gasteiger partial charge in [-0.05, 0) is 48.7 Å². The molecule has 0 spiro atoms. The summed E-state index contributed by atoms with van der Waals surface area (Å²) in [5, 5.41) is 0.692. The minimum atomic E-state index is -0.0635. The average molecular weight is 431 g/mol. The molecule has 1 heterocycles. The van der Waals surface area contributed by atoms with E-state index in [1.54, 1.807) is 37.3 Å². The molecular formula is C23H27ClN2O4. The van der Waals surface area contributed by atoms with Crippen molar-refractivity contribution in [3.63, 3.8) is 0 Å². The molecule has 30 heavy (non-hydrogen) atoms. The second-order valence-corrected chi connectivity index (χ2v) is 7.66. The number of aryl methyl sites for hydroxylation is 1. The normalized spacial score (nSPS) is 14.2. The predicted molar refractivity (Wildman–Crippen MR) is 116 cm³/mol. The number of nitrogens with zero attached hydrogens (tertiary/aromatic N) is 2. The Bertz CT molecular complexity index is 885. The monoisotopic (exact) mass is 430 g/mol. The lowest BCUT2D eigenvalue weighted by molar-refractivity contribution is -0.131. The number of ether oxygens (including phenoxy) is 2. The maximum Gasteiger partial charge on any atom is 0.254 e. The van der Waals surface area contributed by atoms with Crippen LogP contribution in [0.2, 0.25) is 5.02 Å². The summed E-state index contributed by atoms with van der Waals surface area (Å²) in [7, 11) is 3.11. The van der Waals surface area contributed by atoms with Crippen molar-refractivity contribution in [2.75, 3.05) is 40.4 Å². The zero-order chi connectivity index (χ0) is 21.5. The molecule has 0 N–H and O–H groups in total. The van der Waals surface area contributed by atoms with E-state index in [1.807, 2.05) is 29.2 Å². The van der Waals surface area contributed by atoms with Crippen molar-refractivity contribution in [3.05, 3.63) is 58.6 Å². The second-order valence-electron chi connectivity index (χ2n) is 7.22. The van der Waals surface area contributed by atoms with E-state index in [0.29, 0.717) is 61.1 Å². The van der Waals surface area contributed by atoms with Gasteiger partial charge in [-0.2, -0.15) is 0 Å². The summed E-state index contributed by atoms with van der Waals surface area (Å²) in [4.78, 5) is 29.3. The van der Waals surface area contributed by atoms with Gasteiger partial charge in [-0.3, -0.25) is 9.59 Å². The molecule has 2 aromatic carbocycles. The number of rotatable bonds is 6. The Balaban J connectivity index is 1.56. The van der Waals surface area contributed by atoms with Gasteiger partial charge in [-0.1, -0.05) is 23.7 Å². The molecule has 6 nitrogen and oxygen atoms in total. The Labute approximate surface area is 182 Å². The van der Waals surface area contributed by atoms with Gasteiger partial charge in [0.15, 0.2) is 11.5 Å².